The predicted octanol–water partition coefficient (Wildman–Crippen LogP) is 3.41. The number of hydrogen-bond donors (Lipinski definition) is 2. The molecule has 30 heavy (non-hydrogen) atoms. The number of ketones is 1. The van der Waals surface area contributed by atoms with Crippen LogP contribution in [0.1, 0.15) is 36.1 Å². The summed E-state index contributed by atoms with van der Waals surface area (Å²) in [4.78, 5) is 19.1. The van der Waals surface area contributed by atoms with E-state index in [2.05, 4.69) is 4.98 Å². The normalized spacial score (nSPS) is 26.8. The fraction of sp³-hybridized carbons (Fsp3) is 0.455. The highest BCUT2D eigenvalue weighted by atomic mass is 35.5. The van der Waals surface area contributed by atoms with Gasteiger partial charge in [0.05, 0.1) is 11.8 Å². The summed E-state index contributed by atoms with van der Waals surface area (Å²) in [5.74, 6) is -0.552. The van der Waals surface area contributed by atoms with E-state index in [1.54, 1.807) is 24.3 Å². The van der Waals surface area contributed by atoms with Crippen LogP contribution in [0.4, 0.5) is 4.39 Å². The number of alkyl halides is 1. The Kier molecular flexibility index (Phi) is 5.90. The highest BCUT2D eigenvalue weighted by Crippen LogP contribution is 2.47. The third kappa shape index (κ3) is 3.99. The molecule has 2 aromatic rings. The number of nitrogens with zero attached hydrogens (tertiary/aromatic N) is 2. The third-order valence-electron chi connectivity index (χ3n) is 6.06. The van der Waals surface area contributed by atoms with Crippen molar-refractivity contribution in [2.45, 2.75) is 43.1 Å². The van der Waals surface area contributed by atoms with Crippen LogP contribution in [0.2, 0.25) is 10.0 Å². The Bertz CT molecular complexity index is 969. The van der Waals surface area contributed by atoms with Gasteiger partial charge in [0.2, 0.25) is 0 Å². The van der Waals surface area contributed by atoms with Crippen molar-refractivity contribution in [2.24, 2.45) is 0 Å². The summed E-state index contributed by atoms with van der Waals surface area (Å²) in [7, 11) is 0. The van der Waals surface area contributed by atoms with Crippen molar-refractivity contribution in [1.82, 2.24) is 9.88 Å². The zero-order valence-corrected chi connectivity index (χ0v) is 17.8. The molecule has 1 aliphatic heterocycles. The van der Waals surface area contributed by atoms with E-state index in [0.717, 1.165) is 5.56 Å². The maximum Gasteiger partial charge on any atom is 0.195 e. The molecule has 0 amide bonds. The Hall–Kier alpha value is -1.57. The number of aliphatic hydroxyl groups is 2. The van der Waals surface area contributed by atoms with E-state index in [4.69, 9.17) is 23.2 Å². The van der Waals surface area contributed by atoms with Crippen molar-refractivity contribution in [1.29, 1.82) is 0 Å². The van der Waals surface area contributed by atoms with E-state index in [1.165, 1.54) is 12.3 Å². The van der Waals surface area contributed by atoms with Gasteiger partial charge in [0.1, 0.15) is 5.60 Å². The number of fused-ring (bicyclic) bond motifs is 1. The number of benzene rings is 1. The highest BCUT2D eigenvalue weighted by molar-refractivity contribution is 6.35. The zero-order valence-electron chi connectivity index (χ0n) is 16.3. The van der Waals surface area contributed by atoms with Crippen LogP contribution in [0.15, 0.2) is 36.5 Å². The summed E-state index contributed by atoms with van der Waals surface area (Å²) in [5.41, 5.74) is -2.49. The van der Waals surface area contributed by atoms with Gasteiger partial charge in [0.15, 0.2) is 11.5 Å². The van der Waals surface area contributed by atoms with E-state index < -0.39 is 23.2 Å². The van der Waals surface area contributed by atoms with Crippen LogP contribution in [0, 0.1) is 0 Å². The topological polar surface area (TPSA) is 73.7 Å². The van der Waals surface area contributed by atoms with Gasteiger partial charge >= 0.3 is 0 Å². The first-order chi connectivity index (χ1) is 14.2. The fourth-order valence-electron chi connectivity index (χ4n) is 4.38. The van der Waals surface area contributed by atoms with Gasteiger partial charge in [-0.25, -0.2) is 4.39 Å². The Morgan fingerprint density at radius 3 is 2.73 bits per heavy atom. The first-order valence-electron chi connectivity index (χ1n) is 9.96. The van der Waals surface area contributed by atoms with Crippen molar-refractivity contribution in [2.75, 3.05) is 19.6 Å². The number of β-amino-alcohol motifs (C(OH)–C–C–N with tert-alkyl or cyclic N) is 2. The summed E-state index contributed by atoms with van der Waals surface area (Å²) >= 11 is 12.1. The van der Waals surface area contributed by atoms with Gasteiger partial charge in [-0.3, -0.25) is 14.7 Å². The highest BCUT2D eigenvalue weighted by Gasteiger charge is 2.52. The first kappa shape index (κ1) is 21.7. The molecule has 0 spiro atoms. The molecule has 2 N–H and O–H groups in total. The minimum Gasteiger partial charge on any atom is -0.390 e. The summed E-state index contributed by atoms with van der Waals surface area (Å²) in [6.45, 7) is 1.18. The molecule has 2 atom stereocenters. The monoisotopic (exact) mass is 452 g/mol. The minimum atomic E-state index is -2.21. The van der Waals surface area contributed by atoms with Crippen molar-refractivity contribution >= 4 is 29.0 Å². The molecule has 1 aliphatic carbocycles. The molecule has 1 fully saturated rings. The second-order valence-electron chi connectivity index (χ2n) is 8.24. The molecule has 0 unspecified atom stereocenters. The molecule has 2 heterocycles. The summed E-state index contributed by atoms with van der Waals surface area (Å²) in [6.07, 6.45) is 1.33. The number of hydrogen-bond acceptors (Lipinski definition) is 5. The lowest BCUT2D eigenvalue weighted by Gasteiger charge is -2.45. The number of halogens is 3. The Morgan fingerprint density at radius 1 is 1.27 bits per heavy atom. The quantitative estimate of drug-likeness (QED) is 0.702. The van der Waals surface area contributed by atoms with Gasteiger partial charge in [-0.15, -0.1) is 0 Å². The van der Waals surface area contributed by atoms with Crippen LogP contribution in [-0.4, -0.2) is 51.6 Å². The van der Waals surface area contributed by atoms with E-state index >= 15 is 4.39 Å². The van der Waals surface area contributed by atoms with Crippen molar-refractivity contribution in [3.05, 3.63) is 63.4 Å². The smallest absolute Gasteiger partial charge is 0.195 e. The number of Topliss-reactive ketones (excluding diaryl/α,β-unsaturated/α-hetero) is 1. The lowest BCUT2D eigenvalue weighted by atomic mass is 9.72. The molecule has 1 saturated heterocycles. The molecule has 0 saturated carbocycles. The second kappa shape index (κ2) is 8.17. The van der Waals surface area contributed by atoms with Gasteiger partial charge in [-0.05, 0) is 43.0 Å². The van der Waals surface area contributed by atoms with E-state index in [9.17, 15) is 15.0 Å². The third-order valence-corrected chi connectivity index (χ3v) is 6.65. The number of aromatic nitrogens is 1. The Labute approximate surface area is 184 Å². The van der Waals surface area contributed by atoms with Crippen LogP contribution >= 0.6 is 23.2 Å². The molecule has 4 rings (SSSR count). The Balaban J connectivity index is 1.55. The van der Waals surface area contributed by atoms with Gasteiger partial charge in [-0.2, -0.15) is 0 Å². The summed E-state index contributed by atoms with van der Waals surface area (Å²) < 4.78 is 16.1. The predicted molar refractivity (Wildman–Crippen MR) is 112 cm³/mol. The maximum atomic E-state index is 16.1. The largest absolute Gasteiger partial charge is 0.390 e. The number of aliphatic hydroxyl groups excluding tert-OH is 1. The average Bonchev–Trinajstić information content (AvgIpc) is 2.69. The van der Waals surface area contributed by atoms with Crippen molar-refractivity contribution in [3.63, 3.8) is 0 Å². The first-order valence-corrected chi connectivity index (χ1v) is 10.7. The lowest BCUT2D eigenvalue weighted by molar-refractivity contribution is -0.136. The van der Waals surface area contributed by atoms with Crippen LogP contribution in [0.3, 0.4) is 0 Å². The number of carbonyl (C=O) groups excluding carboxylic acids is 1. The van der Waals surface area contributed by atoms with Crippen molar-refractivity contribution < 1.29 is 19.4 Å². The molecule has 2 aliphatic rings. The number of rotatable bonds is 6. The van der Waals surface area contributed by atoms with E-state index in [1.807, 2.05) is 4.90 Å². The van der Waals surface area contributed by atoms with Crippen molar-refractivity contribution in [3.8, 4) is 0 Å². The minimum absolute atomic E-state index is 0.0249. The molecular formula is C22H23Cl2FN2O3. The lowest BCUT2D eigenvalue weighted by Crippen LogP contribution is -2.57. The molecule has 0 radical (unpaired) electrons. The molecule has 1 aromatic carbocycles. The second-order valence-corrected chi connectivity index (χ2v) is 9.08. The zero-order chi connectivity index (χ0) is 21.5. The molecule has 5 nitrogen and oxygen atoms in total. The number of aryl methyl sites for hydroxylation is 1. The van der Waals surface area contributed by atoms with Gasteiger partial charge in [0.25, 0.3) is 0 Å². The van der Waals surface area contributed by atoms with Gasteiger partial charge < -0.3 is 10.2 Å². The molecule has 160 valence electrons. The number of carbonyl (C=O) groups is 1. The average molecular weight is 453 g/mol. The molecule has 8 heteroatoms. The van der Waals surface area contributed by atoms with Gasteiger partial charge in [-0.1, -0.05) is 35.3 Å². The van der Waals surface area contributed by atoms with Crippen LogP contribution in [0.25, 0.3) is 0 Å². The van der Waals surface area contributed by atoms with E-state index in [-0.39, 0.29) is 37.1 Å². The standard InChI is InChI=1S/C22H23Cl2FN2O3/c23-15-5-3-14(18(24)10-15)4-6-19(29)22(25)8-7-21(30,13-27-11-16(28)12-27)20-17(22)2-1-9-26-20/h1-3,5,9-10,16,28,30H,4,6-8,11-13H2/t21-,22+/m0/s1. The fourth-order valence-corrected chi connectivity index (χ4v) is 4.89. The number of likely N-dealkylation sites (tertiary alicyclic amines) is 1. The van der Waals surface area contributed by atoms with Gasteiger partial charge in [0, 0.05) is 47.9 Å². The Morgan fingerprint density at radius 2 is 2.03 bits per heavy atom. The van der Waals surface area contributed by atoms with Crippen LogP contribution in [0.5, 0.6) is 0 Å². The van der Waals surface area contributed by atoms with E-state index in [0.29, 0.717) is 29.6 Å². The molecular weight excluding hydrogens is 430 g/mol. The SMILES string of the molecule is O=C(CCc1ccc(Cl)cc1Cl)[C@@]1(F)CC[C@](O)(CN2CC(O)C2)c2ncccc21. The van der Waals surface area contributed by atoms with Crippen LogP contribution < -0.4 is 0 Å². The van der Waals surface area contributed by atoms with Crippen LogP contribution in [-0.2, 0) is 22.5 Å². The summed E-state index contributed by atoms with van der Waals surface area (Å²) in [5, 5.41) is 21.7. The number of pyridine rings is 1. The maximum absolute atomic E-state index is 16.1. The molecule has 1 aromatic heterocycles. The summed E-state index contributed by atoms with van der Waals surface area (Å²) in [6, 6.07) is 8.13. The molecule has 0 bridgehead atoms.